The number of aliphatic imine (C=N–C) groups is 3. The van der Waals surface area contributed by atoms with E-state index in [0.29, 0.717) is 28.9 Å². The highest BCUT2D eigenvalue weighted by Crippen LogP contribution is 2.27. The topological polar surface area (TPSA) is 138 Å². The highest BCUT2D eigenvalue weighted by Gasteiger charge is 2.31. The number of rotatable bonds is 11. The number of halogens is 3. The summed E-state index contributed by atoms with van der Waals surface area (Å²) in [5, 5.41) is 11.3. The fourth-order valence-electron chi connectivity index (χ4n) is 4.84. The molecule has 1 saturated heterocycles. The predicted molar refractivity (Wildman–Crippen MR) is 183 cm³/mol. The summed E-state index contributed by atoms with van der Waals surface area (Å²) < 4.78 is 40.8. The van der Waals surface area contributed by atoms with Crippen LogP contribution >= 0.6 is 11.8 Å². The summed E-state index contributed by atoms with van der Waals surface area (Å²) in [6.45, 7) is 6.77. The van der Waals surface area contributed by atoms with Crippen molar-refractivity contribution in [3.63, 3.8) is 0 Å². The van der Waals surface area contributed by atoms with E-state index in [4.69, 9.17) is 10.7 Å². The van der Waals surface area contributed by atoms with E-state index in [2.05, 4.69) is 55.0 Å². The lowest BCUT2D eigenvalue weighted by atomic mass is 9.95. The monoisotopic (exact) mass is 668 g/mol. The quantitative estimate of drug-likeness (QED) is 0.139. The number of hydrogen-bond donors (Lipinski definition) is 4. The van der Waals surface area contributed by atoms with Crippen molar-refractivity contribution in [1.82, 2.24) is 16.1 Å². The summed E-state index contributed by atoms with van der Waals surface area (Å²) in [5.41, 5.74) is 13.0. The molecule has 0 saturated carbocycles. The molecule has 2 aliphatic rings. The van der Waals surface area contributed by atoms with Crippen molar-refractivity contribution in [3.8, 4) is 5.75 Å². The Hall–Kier alpha value is -4.43. The number of ether oxygens (including phenoxy) is 1. The van der Waals surface area contributed by atoms with E-state index in [9.17, 15) is 18.0 Å². The number of hydrogen-bond acceptors (Lipinski definition) is 7. The van der Waals surface area contributed by atoms with Crippen LogP contribution in [0.3, 0.4) is 0 Å². The third-order valence-corrected chi connectivity index (χ3v) is 8.19. The molecule has 47 heavy (non-hydrogen) atoms. The number of piperidine rings is 1. The molecular weight excluding hydrogens is 629 g/mol. The van der Waals surface area contributed by atoms with Crippen LogP contribution in [0.1, 0.15) is 44.2 Å². The highest BCUT2D eigenvalue weighted by molar-refractivity contribution is 8.14. The molecule has 2 atom stereocenters. The number of thioether (sulfide) groups is 1. The molecular formula is C33H39F3N8O2S. The van der Waals surface area contributed by atoms with E-state index in [1.165, 1.54) is 30.2 Å². The molecule has 0 aromatic heterocycles. The second-order valence-electron chi connectivity index (χ2n) is 11.1. The number of benzene rings is 2. The zero-order chi connectivity index (χ0) is 33.6. The first-order valence-corrected chi connectivity index (χ1v) is 16.2. The third-order valence-electron chi connectivity index (χ3n) is 7.33. The van der Waals surface area contributed by atoms with Crippen molar-refractivity contribution in [2.45, 2.75) is 39.5 Å². The largest absolute Gasteiger partial charge is 0.573 e. The van der Waals surface area contributed by atoms with Gasteiger partial charge in [0, 0.05) is 23.7 Å². The average molecular weight is 669 g/mol. The van der Waals surface area contributed by atoms with E-state index >= 15 is 0 Å². The molecule has 0 radical (unpaired) electrons. The van der Waals surface area contributed by atoms with Crippen LogP contribution in [0, 0.1) is 11.8 Å². The van der Waals surface area contributed by atoms with Gasteiger partial charge in [0.2, 0.25) is 5.91 Å². The van der Waals surface area contributed by atoms with E-state index in [-0.39, 0.29) is 29.2 Å². The minimum Gasteiger partial charge on any atom is -0.406 e. The molecule has 0 spiro atoms. The molecule has 0 bridgehead atoms. The molecule has 2 aromatic carbocycles. The Labute approximate surface area is 276 Å². The minimum atomic E-state index is -4.76. The van der Waals surface area contributed by atoms with E-state index in [0.717, 1.165) is 61.3 Å². The van der Waals surface area contributed by atoms with Gasteiger partial charge in [-0.25, -0.2) is 15.0 Å². The number of amides is 1. The number of nitrogens with one attached hydrogen (secondary N) is 3. The number of alkyl halides is 3. The molecule has 5 N–H and O–H groups in total. The van der Waals surface area contributed by atoms with Gasteiger partial charge in [-0.2, -0.15) is 5.10 Å². The van der Waals surface area contributed by atoms with Gasteiger partial charge in [-0.15, -0.1) is 13.2 Å². The maximum Gasteiger partial charge on any atom is 0.573 e. The van der Waals surface area contributed by atoms with Gasteiger partial charge in [0.15, 0.2) is 5.17 Å². The van der Waals surface area contributed by atoms with E-state index < -0.39 is 6.36 Å². The van der Waals surface area contributed by atoms with Crippen molar-refractivity contribution in [3.05, 3.63) is 83.1 Å². The first kappa shape index (κ1) is 35.4. The SMILES string of the molecule is CC1=C(N=C(N/N=C\c2ccc(C(N)=NC=Nc3ccc(OC(F)(F)F)cc3)cc2)SCC(=O)NCC2CCCNC2)C(C)CC=C1. The minimum absolute atomic E-state index is 0.0466. The number of allylic oxidation sites excluding steroid dienone is 4. The standard InChI is InChI=1S/C33H39F3N8O2S/c1-22-5-3-6-23(2)30(22)43-32(47-20-29(45)39-18-25-7-4-16-38-17-25)44-42-19-24-8-10-26(11-9-24)31(37)41-21-40-27-12-14-28(15-13-27)46-33(34,35)36/h3,5,8-15,19,21,23,25,38H,4,6-7,16-18,20H2,1-2H3,(H,39,45)(H,43,44)(H2,37,40,41)/b42-19-. The van der Waals surface area contributed by atoms with Crippen molar-refractivity contribution in [2.75, 3.05) is 25.4 Å². The molecule has 1 fully saturated rings. The molecule has 2 unspecified atom stereocenters. The van der Waals surface area contributed by atoms with Crippen LogP contribution in [0.25, 0.3) is 0 Å². The number of nitrogens with zero attached hydrogens (tertiary/aromatic N) is 4. The summed E-state index contributed by atoms with van der Waals surface area (Å²) in [6, 6.07) is 12.3. The molecule has 10 nitrogen and oxygen atoms in total. The Kier molecular flexibility index (Phi) is 13.2. The Bertz CT molecular complexity index is 1530. The van der Waals surface area contributed by atoms with E-state index in [1.807, 2.05) is 19.1 Å². The smallest absolute Gasteiger partial charge is 0.406 e. The zero-order valence-corrected chi connectivity index (χ0v) is 27.1. The molecule has 2 aromatic rings. The van der Waals surface area contributed by atoms with Crippen molar-refractivity contribution in [1.29, 1.82) is 0 Å². The van der Waals surface area contributed by atoms with Gasteiger partial charge in [0.05, 0.1) is 17.7 Å². The summed E-state index contributed by atoms with van der Waals surface area (Å²) >= 11 is 1.31. The maximum absolute atomic E-state index is 12.6. The van der Waals surface area contributed by atoms with Gasteiger partial charge in [-0.05, 0) is 80.6 Å². The highest BCUT2D eigenvalue weighted by atomic mass is 32.2. The summed E-state index contributed by atoms with van der Waals surface area (Å²) in [5.74, 6) is 0.734. The number of amidine groups is 2. The first-order chi connectivity index (χ1) is 22.6. The number of carbonyl (C=O) groups is 1. The fourth-order valence-corrected chi connectivity index (χ4v) is 5.49. The van der Waals surface area contributed by atoms with Gasteiger partial charge >= 0.3 is 6.36 Å². The molecule has 14 heteroatoms. The third kappa shape index (κ3) is 12.4. The summed E-state index contributed by atoms with van der Waals surface area (Å²) in [6.07, 6.45) is 5.44. The lowest BCUT2D eigenvalue weighted by Gasteiger charge is -2.22. The van der Waals surface area contributed by atoms with Crippen molar-refractivity contribution < 1.29 is 22.7 Å². The number of nitrogens with two attached hydrogens (primary N) is 1. The summed E-state index contributed by atoms with van der Waals surface area (Å²) in [7, 11) is 0. The first-order valence-electron chi connectivity index (χ1n) is 15.2. The van der Waals surface area contributed by atoms with Gasteiger partial charge in [-0.3, -0.25) is 10.2 Å². The van der Waals surface area contributed by atoms with Crippen LogP contribution in [-0.4, -0.2) is 61.2 Å². The molecule has 4 rings (SSSR count). The van der Waals surface area contributed by atoms with Gasteiger partial charge in [-0.1, -0.05) is 55.1 Å². The van der Waals surface area contributed by atoms with Crippen molar-refractivity contribution in [2.24, 2.45) is 37.6 Å². The second-order valence-corrected chi connectivity index (χ2v) is 12.1. The average Bonchev–Trinajstić information content (AvgIpc) is 3.05. The van der Waals surface area contributed by atoms with Crippen LogP contribution in [0.5, 0.6) is 5.75 Å². The van der Waals surface area contributed by atoms with Crippen LogP contribution in [0.4, 0.5) is 18.9 Å². The van der Waals surface area contributed by atoms with Crippen LogP contribution < -0.4 is 26.5 Å². The van der Waals surface area contributed by atoms with Crippen LogP contribution in [0.15, 0.2) is 92.0 Å². The van der Waals surface area contributed by atoms with Crippen LogP contribution in [0.2, 0.25) is 0 Å². The second kappa shape index (κ2) is 17.5. The lowest BCUT2D eigenvalue weighted by molar-refractivity contribution is -0.274. The molecule has 1 heterocycles. The molecule has 1 aliphatic carbocycles. The zero-order valence-electron chi connectivity index (χ0n) is 26.3. The Morgan fingerprint density at radius 2 is 1.94 bits per heavy atom. The fraction of sp³-hybridized carbons (Fsp3) is 0.364. The molecule has 1 aliphatic heterocycles. The predicted octanol–water partition coefficient (Wildman–Crippen LogP) is 5.65. The molecule has 250 valence electrons. The van der Waals surface area contributed by atoms with E-state index in [1.54, 1.807) is 18.3 Å². The summed E-state index contributed by atoms with van der Waals surface area (Å²) in [4.78, 5) is 25.7. The Morgan fingerprint density at radius 1 is 1.17 bits per heavy atom. The van der Waals surface area contributed by atoms with Gasteiger partial charge in [0.25, 0.3) is 0 Å². The number of carbonyl (C=O) groups excluding carboxylic acids is 1. The maximum atomic E-state index is 12.6. The number of hydrazone groups is 1. The van der Waals surface area contributed by atoms with Gasteiger partial charge in [0.1, 0.15) is 17.9 Å². The Balaban J connectivity index is 1.34. The normalized spacial score (nSPS) is 19.4. The lowest BCUT2D eigenvalue weighted by Crippen LogP contribution is -2.38. The van der Waals surface area contributed by atoms with Gasteiger partial charge < -0.3 is 21.1 Å². The van der Waals surface area contributed by atoms with Crippen molar-refractivity contribution >= 4 is 46.9 Å². The Morgan fingerprint density at radius 3 is 2.62 bits per heavy atom. The molecule has 1 amide bonds. The van der Waals surface area contributed by atoms with Crippen LogP contribution in [-0.2, 0) is 4.79 Å².